The highest BCUT2D eigenvalue weighted by Crippen LogP contribution is 2.42. The number of nitrogens with one attached hydrogen (secondary N) is 1. The molecule has 1 atom stereocenters. The summed E-state index contributed by atoms with van der Waals surface area (Å²) in [6.45, 7) is 3.17. The number of sulfonamides is 1. The predicted octanol–water partition coefficient (Wildman–Crippen LogP) is 0.997. The number of thioether (sulfide) groups is 1. The molecule has 1 aromatic heterocycles. The van der Waals surface area contributed by atoms with Gasteiger partial charge in [0.15, 0.2) is 5.04 Å². The van der Waals surface area contributed by atoms with Gasteiger partial charge in [-0.2, -0.15) is 19.4 Å². The fourth-order valence-electron chi connectivity index (χ4n) is 5.02. The molecule has 1 aliphatic carbocycles. The van der Waals surface area contributed by atoms with Crippen molar-refractivity contribution < 1.29 is 32.1 Å². The van der Waals surface area contributed by atoms with E-state index in [2.05, 4.69) is 9.82 Å². The van der Waals surface area contributed by atoms with E-state index in [9.17, 15) is 22.8 Å². The minimum atomic E-state index is -3.84. The highest BCUT2D eigenvalue weighted by atomic mass is 32.3. The zero-order valence-electron chi connectivity index (χ0n) is 21.8. The second kappa shape index (κ2) is 10.2. The second-order valence-corrected chi connectivity index (χ2v) is 13.5. The van der Waals surface area contributed by atoms with Crippen molar-refractivity contribution >= 4 is 44.7 Å². The number of aromatic nitrogens is 2. The third-order valence-corrected chi connectivity index (χ3v) is 10.8. The third kappa shape index (κ3) is 5.31. The lowest BCUT2D eigenvalue weighted by Crippen LogP contribution is -2.56. The average Bonchev–Trinajstić information content (AvgIpc) is 3.24. The van der Waals surface area contributed by atoms with E-state index in [1.54, 1.807) is 40.7 Å². The molecule has 1 aromatic rings. The molecular weight excluding hydrogens is 532 g/mol. The largest absolute Gasteiger partial charge is 0.501 e. The van der Waals surface area contributed by atoms with Crippen LogP contribution in [0.3, 0.4) is 0 Å². The Morgan fingerprint density at radius 1 is 1.29 bits per heavy atom. The molecule has 3 aliphatic heterocycles. The van der Waals surface area contributed by atoms with Crippen molar-refractivity contribution in [3.05, 3.63) is 28.3 Å². The normalized spacial score (nSPS) is 23.7. The van der Waals surface area contributed by atoms with Gasteiger partial charge in [-0.15, -0.1) is 0 Å². The van der Waals surface area contributed by atoms with Crippen LogP contribution in [0.15, 0.2) is 22.7 Å². The number of rotatable bonds is 9. The number of hydrogen-bond acceptors (Lipinski definition) is 8. The fraction of sp³-hybridized carbons (Fsp3) is 0.625. The minimum Gasteiger partial charge on any atom is -0.384 e. The summed E-state index contributed by atoms with van der Waals surface area (Å²) in [5.41, 5.74) is 0.231. The first kappa shape index (κ1) is 27.0. The van der Waals surface area contributed by atoms with Crippen LogP contribution in [-0.2, 0) is 37.9 Å². The summed E-state index contributed by atoms with van der Waals surface area (Å²) in [4.78, 5) is 42.8. The van der Waals surface area contributed by atoms with Gasteiger partial charge in [-0.05, 0) is 37.6 Å². The number of aryl methyl sites for hydroxylation is 1. The number of carbonyl (C=O) groups is 3. The second-order valence-electron chi connectivity index (χ2n) is 10.5. The highest BCUT2D eigenvalue weighted by molar-refractivity contribution is 8.27. The molecule has 12 nitrogen and oxygen atoms in total. The standard InChI is InChI=1S/C24H33N6O6S2/c1-24(7-8-24)26-38(34,35)20-12-18-21(32)29(15-16-13-25-27(2)14-16)23(33)30(22(18)37-20)17-4-9-28(10-5-17)19(31)6-11-36-3/h12-14,17-18,26H,4-11,15H2,1-3H3/q+1. The van der Waals surface area contributed by atoms with Crippen LogP contribution in [0.5, 0.6) is 0 Å². The molecule has 2 fully saturated rings. The van der Waals surface area contributed by atoms with Gasteiger partial charge in [0.2, 0.25) is 15.9 Å². The van der Waals surface area contributed by atoms with Gasteiger partial charge in [-0.1, -0.05) is 0 Å². The number of piperidine rings is 1. The van der Waals surface area contributed by atoms with Crippen molar-refractivity contribution in [2.45, 2.75) is 57.2 Å². The summed E-state index contributed by atoms with van der Waals surface area (Å²) in [7, 11) is -0.538. The first-order valence-electron chi connectivity index (χ1n) is 12.7. The van der Waals surface area contributed by atoms with Gasteiger partial charge in [0, 0.05) is 57.4 Å². The van der Waals surface area contributed by atoms with Crippen molar-refractivity contribution in [2.75, 3.05) is 26.8 Å². The zero-order chi connectivity index (χ0) is 27.2. The van der Waals surface area contributed by atoms with Crippen molar-refractivity contribution in [1.82, 2.24) is 24.3 Å². The van der Waals surface area contributed by atoms with Gasteiger partial charge in [-0.3, -0.25) is 9.48 Å². The molecule has 1 saturated heterocycles. The minimum absolute atomic E-state index is 0.000819. The SMILES string of the molecule is COCCC(=O)N1CCC([N+]2=C3SC(S(=O)(=O)NC4(C)CC4)=CC3C(=O)N(Cc3cnn(C)c3)C2=O)CC1. The van der Waals surface area contributed by atoms with Crippen LogP contribution < -0.4 is 4.72 Å². The summed E-state index contributed by atoms with van der Waals surface area (Å²) in [6, 6.07) is -0.747. The molecule has 206 valence electrons. The smallest absolute Gasteiger partial charge is 0.384 e. The molecule has 38 heavy (non-hydrogen) atoms. The lowest BCUT2D eigenvalue weighted by Gasteiger charge is -2.34. The Bertz CT molecular complexity index is 1320. The van der Waals surface area contributed by atoms with E-state index in [1.807, 2.05) is 6.92 Å². The van der Waals surface area contributed by atoms with Crippen LogP contribution in [0.25, 0.3) is 0 Å². The van der Waals surface area contributed by atoms with Gasteiger partial charge in [0.05, 0.1) is 19.2 Å². The summed E-state index contributed by atoms with van der Waals surface area (Å²) in [6.07, 6.45) is 7.66. The molecule has 0 spiro atoms. The number of fused-ring (bicyclic) bond motifs is 1. The van der Waals surface area contributed by atoms with E-state index < -0.39 is 33.4 Å². The summed E-state index contributed by atoms with van der Waals surface area (Å²) >= 11 is 0.981. The van der Waals surface area contributed by atoms with Crippen molar-refractivity contribution in [3.8, 4) is 0 Å². The van der Waals surface area contributed by atoms with E-state index in [1.165, 1.54) is 11.0 Å². The lowest BCUT2D eigenvalue weighted by molar-refractivity contribution is -0.485. The summed E-state index contributed by atoms with van der Waals surface area (Å²) in [5.74, 6) is -1.32. The molecule has 1 N–H and O–H groups in total. The topological polar surface area (TPSA) is 134 Å². The lowest BCUT2D eigenvalue weighted by atomic mass is 10.0. The Balaban J connectivity index is 1.43. The number of likely N-dealkylation sites (tertiary alicyclic amines) is 1. The van der Waals surface area contributed by atoms with E-state index in [0.29, 0.717) is 49.6 Å². The quantitative estimate of drug-likeness (QED) is 0.439. The molecule has 4 heterocycles. The van der Waals surface area contributed by atoms with Crippen LogP contribution in [-0.4, -0.2) is 93.8 Å². The zero-order valence-corrected chi connectivity index (χ0v) is 23.4. The Morgan fingerprint density at radius 2 is 2.00 bits per heavy atom. The van der Waals surface area contributed by atoms with E-state index in [-0.39, 0.29) is 22.7 Å². The first-order chi connectivity index (χ1) is 18.0. The van der Waals surface area contributed by atoms with E-state index in [0.717, 1.165) is 24.6 Å². The molecule has 0 radical (unpaired) electrons. The summed E-state index contributed by atoms with van der Waals surface area (Å²) < 4.78 is 37.4. The number of urea groups is 1. The number of nitrogens with zero attached hydrogens (tertiary/aromatic N) is 5. The molecular formula is C24H33N6O6S2+. The van der Waals surface area contributed by atoms with E-state index in [4.69, 9.17) is 4.74 Å². The number of ether oxygens (including phenoxy) is 1. The molecule has 4 amide bonds. The Morgan fingerprint density at radius 3 is 2.61 bits per heavy atom. The average molecular weight is 566 g/mol. The Hall–Kier alpha value is -2.55. The van der Waals surface area contributed by atoms with E-state index >= 15 is 0 Å². The van der Waals surface area contributed by atoms with Gasteiger partial charge in [0.25, 0.3) is 0 Å². The molecule has 14 heteroatoms. The maximum atomic E-state index is 13.8. The number of methoxy groups -OCH3 is 1. The number of imide groups is 1. The predicted molar refractivity (Wildman–Crippen MR) is 139 cm³/mol. The monoisotopic (exact) mass is 565 g/mol. The van der Waals surface area contributed by atoms with Crippen LogP contribution in [0.2, 0.25) is 0 Å². The van der Waals surface area contributed by atoms with Gasteiger partial charge < -0.3 is 9.64 Å². The van der Waals surface area contributed by atoms with Gasteiger partial charge in [-0.25, -0.2) is 17.9 Å². The number of carbonyl (C=O) groups excluding carboxylic acids is 3. The third-order valence-electron chi connectivity index (χ3n) is 7.43. The first-order valence-corrected chi connectivity index (χ1v) is 15.0. The number of hydrogen-bond donors (Lipinski definition) is 1. The Labute approximate surface area is 226 Å². The van der Waals surface area contributed by atoms with Gasteiger partial charge in [0.1, 0.15) is 22.7 Å². The Kier molecular flexibility index (Phi) is 7.26. The summed E-state index contributed by atoms with van der Waals surface area (Å²) in [5, 5.41) is 4.56. The van der Waals surface area contributed by atoms with Crippen LogP contribution in [0.1, 0.15) is 44.6 Å². The maximum absolute atomic E-state index is 13.8. The fourth-order valence-corrected chi connectivity index (χ4v) is 8.14. The number of amides is 4. The van der Waals surface area contributed by atoms with Crippen molar-refractivity contribution in [3.63, 3.8) is 0 Å². The molecule has 1 unspecified atom stereocenters. The van der Waals surface area contributed by atoms with Crippen LogP contribution in [0, 0.1) is 5.92 Å². The molecule has 1 saturated carbocycles. The van der Waals surface area contributed by atoms with Crippen molar-refractivity contribution in [2.24, 2.45) is 13.0 Å². The van der Waals surface area contributed by atoms with Crippen LogP contribution in [0.4, 0.5) is 4.79 Å². The maximum Gasteiger partial charge on any atom is 0.501 e. The molecule has 0 aromatic carbocycles. The van der Waals surface area contributed by atoms with Crippen LogP contribution >= 0.6 is 11.8 Å². The molecule has 0 bridgehead atoms. The highest BCUT2D eigenvalue weighted by Gasteiger charge is 2.54. The van der Waals surface area contributed by atoms with Crippen molar-refractivity contribution in [1.29, 1.82) is 0 Å². The molecule has 4 aliphatic rings. The van der Waals surface area contributed by atoms with Gasteiger partial charge >= 0.3 is 11.9 Å². The molecule has 5 rings (SSSR count).